The maximum atomic E-state index is 13.9. The van der Waals surface area contributed by atoms with Crippen LogP contribution >= 0.6 is 23.2 Å². The molecule has 1 aliphatic rings. The molecule has 0 aliphatic heterocycles. The highest BCUT2D eigenvalue weighted by Gasteiger charge is 2.32. The fourth-order valence-corrected chi connectivity index (χ4v) is 2.47. The minimum absolute atomic E-state index is 0.0754. The molecule has 0 heterocycles. The molecule has 5 nitrogen and oxygen atoms in total. The van der Waals surface area contributed by atoms with E-state index in [9.17, 15) is 14.0 Å². The molecule has 0 radical (unpaired) electrons. The van der Waals surface area contributed by atoms with Gasteiger partial charge in [0.25, 0.3) is 0 Å². The molecule has 1 aromatic rings. The Balaban J connectivity index is 2.44. The Morgan fingerprint density at radius 3 is 2.71 bits per heavy atom. The summed E-state index contributed by atoms with van der Waals surface area (Å²) in [5.74, 6) is -3.93. The van der Waals surface area contributed by atoms with Crippen molar-refractivity contribution in [1.29, 1.82) is 5.26 Å². The molecule has 0 bridgehead atoms. The van der Waals surface area contributed by atoms with Crippen molar-refractivity contribution in [2.75, 3.05) is 6.61 Å². The number of aliphatic imine (C=N–C) groups is 1. The van der Waals surface area contributed by atoms with Crippen LogP contribution < -0.4 is 0 Å². The number of carbonyl (C=O) groups excluding carboxylic acids is 2. The lowest BCUT2D eigenvalue weighted by molar-refractivity contribution is -0.143. The molecule has 2 rings (SSSR count). The summed E-state index contributed by atoms with van der Waals surface area (Å²) in [4.78, 5) is 28.8. The van der Waals surface area contributed by atoms with Gasteiger partial charge in [-0.15, -0.1) is 0 Å². The number of carbonyl (C=O) groups is 2. The smallest absolute Gasteiger partial charge is 0.322 e. The summed E-state index contributed by atoms with van der Waals surface area (Å²) in [6.07, 6.45) is 2.97. The second-order valence-corrected chi connectivity index (χ2v) is 5.90. The molecule has 1 atom stereocenters. The highest BCUT2D eigenvalue weighted by molar-refractivity contribution is 6.39. The Hall–Kier alpha value is -1.97. The monoisotopic (exact) mass is 370 g/mol. The van der Waals surface area contributed by atoms with Crippen LogP contribution in [-0.4, -0.2) is 30.6 Å². The molecular formula is C16H13Cl2FN2O3. The van der Waals surface area contributed by atoms with E-state index in [-0.39, 0.29) is 28.8 Å². The summed E-state index contributed by atoms with van der Waals surface area (Å²) < 4.78 is 18.7. The minimum atomic E-state index is -1.35. The van der Waals surface area contributed by atoms with Crippen molar-refractivity contribution in [1.82, 2.24) is 0 Å². The van der Waals surface area contributed by atoms with E-state index >= 15 is 0 Å². The number of hydrogen-bond donors (Lipinski definition) is 0. The van der Waals surface area contributed by atoms with Crippen molar-refractivity contribution in [3.05, 3.63) is 33.1 Å². The van der Waals surface area contributed by atoms with E-state index in [1.807, 2.05) is 0 Å². The van der Waals surface area contributed by atoms with E-state index in [0.717, 1.165) is 18.9 Å². The predicted molar refractivity (Wildman–Crippen MR) is 87.1 cm³/mol. The summed E-state index contributed by atoms with van der Waals surface area (Å²) in [7, 11) is 0. The Morgan fingerprint density at radius 1 is 1.50 bits per heavy atom. The lowest BCUT2D eigenvalue weighted by atomic mass is 9.97. The first-order valence-electron chi connectivity index (χ1n) is 7.22. The molecule has 0 amide bonds. The van der Waals surface area contributed by atoms with Crippen LogP contribution in [0.2, 0.25) is 10.0 Å². The minimum Gasteiger partial charge on any atom is -0.465 e. The van der Waals surface area contributed by atoms with Crippen molar-refractivity contribution in [3.8, 4) is 6.07 Å². The van der Waals surface area contributed by atoms with Gasteiger partial charge in [-0.25, -0.2) is 4.39 Å². The topological polar surface area (TPSA) is 79.5 Å². The molecular weight excluding hydrogens is 358 g/mol. The highest BCUT2D eigenvalue weighted by Crippen LogP contribution is 2.32. The Morgan fingerprint density at radius 2 is 2.17 bits per heavy atom. The first-order valence-corrected chi connectivity index (χ1v) is 7.98. The summed E-state index contributed by atoms with van der Waals surface area (Å²) in [5, 5.41) is 8.26. The van der Waals surface area contributed by atoms with E-state index in [4.69, 9.17) is 33.2 Å². The van der Waals surface area contributed by atoms with Crippen LogP contribution in [0.4, 0.5) is 4.39 Å². The van der Waals surface area contributed by atoms with Crippen molar-refractivity contribution in [3.63, 3.8) is 0 Å². The molecule has 0 N–H and O–H groups in total. The van der Waals surface area contributed by atoms with Crippen LogP contribution in [0.5, 0.6) is 0 Å². The van der Waals surface area contributed by atoms with Crippen LogP contribution in [0.3, 0.4) is 0 Å². The summed E-state index contributed by atoms with van der Waals surface area (Å²) >= 11 is 11.7. The fraction of sp³-hybridized carbons (Fsp3) is 0.375. The third-order valence-electron chi connectivity index (χ3n) is 3.35. The lowest BCUT2D eigenvalue weighted by Gasteiger charge is -2.13. The van der Waals surface area contributed by atoms with Gasteiger partial charge in [0, 0.05) is 17.8 Å². The largest absolute Gasteiger partial charge is 0.465 e. The Labute approximate surface area is 148 Å². The van der Waals surface area contributed by atoms with Crippen molar-refractivity contribution in [2.45, 2.75) is 25.8 Å². The SMILES string of the molecule is CCOC(=O)C(C=NC1CC1)C(=O)c1cc(F)c(Cl)c(C#N)c1Cl. The maximum Gasteiger partial charge on any atom is 0.322 e. The number of rotatable bonds is 6. The zero-order chi connectivity index (χ0) is 17.9. The second-order valence-electron chi connectivity index (χ2n) is 5.14. The number of Topliss-reactive ketones (excluding diaryl/α,β-unsaturated/α-hetero) is 1. The zero-order valence-corrected chi connectivity index (χ0v) is 14.2. The van der Waals surface area contributed by atoms with Crippen molar-refractivity contribution < 1.29 is 18.7 Å². The highest BCUT2D eigenvalue weighted by atomic mass is 35.5. The maximum absolute atomic E-state index is 13.9. The van der Waals surface area contributed by atoms with Gasteiger partial charge in [0.05, 0.1) is 22.2 Å². The molecule has 126 valence electrons. The van der Waals surface area contributed by atoms with Crippen molar-refractivity contribution >= 4 is 41.2 Å². The van der Waals surface area contributed by atoms with Gasteiger partial charge in [-0.2, -0.15) is 5.26 Å². The molecule has 0 aromatic heterocycles. The number of hydrogen-bond acceptors (Lipinski definition) is 5. The summed E-state index contributed by atoms with van der Waals surface area (Å²) in [6, 6.07) is 2.54. The van der Waals surface area contributed by atoms with Gasteiger partial charge in [0.1, 0.15) is 11.9 Å². The number of halogens is 3. The number of ether oxygens (including phenoxy) is 1. The van der Waals surface area contributed by atoms with E-state index in [1.54, 1.807) is 13.0 Å². The standard InChI is InChI=1S/C16H13Cl2FN2O3/c1-2-24-16(23)11(7-21-8-3-4-8)15(22)9-5-12(19)14(18)10(6-20)13(9)17/h5,7-8,11H,2-4H2,1H3. The van der Waals surface area contributed by atoms with Gasteiger partial charge in [-0.3, -0.25) is 14.6 Å². The molecule has 24 heavy (non-hydrogen) atoms. The zero-order valence-electron chi connectivity index (χ0n) is 12.7. The quantitative estimate of drug-likeness (QED) is 0.252. The average Bonchev–Trinajstić information content (AvgIpc) is 3.36. The number of ketones is 1. The van der Waals surface area contributed by atoms with Crippen LogP contribution in [0.25, 0.3) is 0 Å². The fourth-order valence-electron chi connectivity index (χ4n) is 1.95. The molecule has 1 fully saturated rings. The van der Waals surface area contributed by atoms with Gasteiger partial charge in [-0.1, -0.05) is 23.2 Å². The number of esters is 1. The number of nitriles is 1. The van der Waals surface area contributed by atoms with E-state index in [0.29, 0.717) is 0 Å². The molecule has 0 saturated heterocycles. The molecule has 1 aromatic carbocycles. The van der Waals surface area contributed by atoms with Crippen LogP contribution in [0.15, 0.2) is 11.1 Å². The molecule has 1 unspecified atom stereocenters. The number of nitrogens with zero attached hydrogens (tertiary/aromatic N) is 2. The van der Waals surface area contributed by atoms with Crippen LogP contribution in [-0.2, 0) is 9.53 Å². The van der Waals surface area contributed by atoms with E-state index in [1.165, 1.54) is 6.21 Å². The van der Waals surface area contributed by atoms with E-state index < -0.39 is 28.5 Å². The number of benzene rings is 1. The average molecular weight is 371 g/mol. The van der Waals surface area contributed by atoms with Gasteiger partial charge in [-0.05, 0) is 25.8 Å². The summed E-state index contributed by atoms with van der Waals surface area (Å²) in [6.45, 7) is 1.67. The Kier molecular flexibility index (Phi) is 5.92. The van der Waals surface area contributed by atoms with Gasteiger partial charge in [0.2, 0.25) is 0 Å². The summed E-state index contributed by atoms with van der Waals surface area (Å²) in [5.41, 5.74) is -0.668. The molecule has 1 aliphatic carbocycles. The normalized spacial score (nSPS) is 15.1. The van der Waals surface area contributed by atoms with Crippen molar-refractivity contribution in [2.24, 2.45) is 10.9 Å². The second kappa shape index (κ2) is 7.73. The van der Waals surface area contributed by atoms with Crippen LogP contribution in [0, 0.1) is 23.1 Å². The molecule has 0 spiro atoms. The van der Waals surface area contributed by atoms with E-state index in [2.05, 4.69) is 4.99 Å². The third-order valence-corrected chi connectivity index (χ3v) is 4.11. The molecule has 1 saturated carbocycles. The first-order chi connectivity index (χ1) is 11.4. The van der Waals surface area contributed by atoms with Gasteiger partial charge < -0.3 is 4.74 Å². The van der Waals surface area contributed by atoms with Crippen LogP contribution in [0.1, 0.15) is 35.7 Å². The van der Waals surface area contributed by atoms with Gasteiger partial charge in [0.15, 0.2) is 11.7 Å². The third kappa shape index (κ3) is 3.92. The predicted octanol–water partition coefficient (Wildman–Crippen LogP) is 3.60. The Bertz CT molecular complexity index is 755. The lowest BCUT2D eigenvalue weighted by Crippen LogP contribution is -2.28. The van der Waals surface area contributed by atoms with Gasteiger partial charge >= 0.3 is 5.97 Å². The molecule has 8 heteroatoms. The first kappa shape index (κ1) is 18.4.